The molecular formula is C21H31F2N5O3. The van der Waals surface area contributed by atoms with Crippen LogP contribution in [0, 0.1) is 5.41 Å². The second-order valence-electron chi connectivity index (χ2n) is 7.77. The number of hydrogen-bond acceptors (Lipinski definition) is 5. The zero-order valence-corrected chi connectivity index (χ0v) is 18.2. The lowest BCUT2D eigenvalue weighted by Crippen LogP contribution is -2.51. The topological polar surface area (TPSA) is 112 Å². The number of rotatable bonds is 4. The van der Waals surface area contributed by atoms with Gasteiger partial charge in [-0.25, -0.2) is 13.8 Å². The smallest absolute Gasteiger partial charge is 0.273 e. The van der Waals surface area contributed by atoms with Gasteiger partial charge in [-0.3, -0.25) is 25.2 Å². The summed E-state index contributed by atoms with van der Waals surface area (Å²) in [6, 6.07) is 2.86. The number of amides is 3. The average Bonchev–Trinajstić information content (AvgIpc) is 3.01. The molecule has 1 saturated carbocycles. The number of halogens is 2. The minimum atomic E-state index is -2.66. The number of carbonyl (C=O) groups excluding carboxylic acids is 3. The Morgan fingerprint density at radius 2 is 1.90 bits per heavy atom. The Morgan fingerprint density at radius 3 is 2.58 bits per heavy atom. The minimum Gasteiger partial charge on any atom is -0.367 e. The molecule has 1 aliphatic carbocycles. The molecule has 0 radical (unpaired) electrons. The van der Waals surface area contributed by atoms with Crippen LogP contribution in [0.2, 0.25) is 0 Å². The summed E-state index contributed by atoms with van der Waals surface area (Å²) in [5.41, 5.74) is 3.53. The SMILES string of the molecule is CC.CC1(C(=O)NNC(=O)c2cccnc2NC2CCCC(F)(F)CC2)CCNC1=O. The molecule has 2 atom stereocenters. The number of nitrogens with one attached hydrogen (secondary N) is 4. The number of hydrazine groups is 1. The first kappa shape index (κ1) is 24.5. The molecule has 1 aliphatic heterocycles. The Balaban J connectivity index is 0.00000166. The van der Waals surface area contributed by atoms with Crippen molar-refractivity contribution < 1.29 is 23.2 Å². The third kappa shape index (κ3) is 6.11. The zero-order valence-electron chi connectivity index (χ0n) is 18.2. The van der Waals surface area contributed by atoms with Crippen LogP contribution < -0.4 is 21.5 Å². The summed E-state index contributed by atoms with van der Waals surface area (Å²) in [7, 11) is 0. The van der Waals surface area contributed by atoms with Gasteiger partial charge in [0.2, 0.25) is 11.8 Å². The average molecular weight is 440 g/mol. The standard InChI is InChI=1S/C19H25F2N5O3.C2H6/c1-18(9-11-23-16(18)28)17(29)26-25-15(27)13-5-3-10-22-14(13)24-12-4-2-7-19(20,21)8-6-12;1-2/h3,5,10,12H,2,4,6-9,11H2,1H3,(H,22,24)(H,23,28)(H,25,27)(H,26,29);1-2H3. The fourth-order valence-corrected chi connectivity index (χ4v) is 3.57. The van der Waals surface area contributed by atoms with Crippen molar-refractivity contribution in [3.05, 3.63) is 23.9 Å². The van der Waals surface area contributed by atoms with Gasteiger partial charge in [0.05, 0.1) is 5.56 Å². The van der Waals surface area contributed by atoms with Crippen LogP contribution in [0.4, 0.5) is 14.6 Å². The molecule has 0 bridgehead atoms. The van der Waals surface area contributed by atoms with Crippen molar-refractivity contribution in [2.45, 2.75) is 71.3 Å². The summed E-state index contributed by atoms with van der Waals surface area (Å²) >= 11 is 0. The molecular weight excluding hydrogens is 408 g/mol. The van der Waals surface area contributed by atoms with Gasteiger partial charge in [0.1, 0.15) is 11.2 Å². The van der Waals surface area contributed by atoms with E-state index in [9.17, 15) is 23.2 Å². The third-order valence-corrected chi connectivity index (χ3v) is 5.55. The van der Waals surface area contributed by atoms with Gasteiger partial charge in [0.15, 0.2) is 0 Å². The van der Waals surface area contributed by atoms with Crippen LogP contribution >= 0.6 is 0 Å². The first-order chi connectivity index (χ1) is 14.7. The zero-order chi connectivity index (χ0) is 23.1. The Bertz CT molecular complexity index is 805. The van der Waals surface area contributed by atoms with Gasteiger partial charge in [-0.05, 0) is 44.7 Å². The van der Waals surface area contributed by atoms with Gasteiger partial charge in [0.25, 0.3) is 11.8 Å². The number of hydrogen-bond donors (Lipinski definition) is 4. The van der Waals surface area contributed by atoms with E-state index in [1.807, 2.05) is 13.8 Å². The summed E-state index contributed by atoms with van der Waals surface area (Å²) in [4.78, 5) is 40.9. The van der Waals surface area contributed by atoms with Crippen LogP contribution in [0.5, 0.6) is 0 Å². The first-order valence-electron chi connectivity index (χ1n) is 10.7. The lowest BCUT2D eigenvalue weighted by Gasteiger charge is -2.21. The van der Waals surface area contributed by atoms with Crippen molar-refractivity contribution in [3.63, 3.8) is 0 Å². The molecule has 2 aliphatic rings. The van der Waals surface area contributed by atoms with Crippen molar-refractivity contribution >= 4 is 23.5 Å². The van der Waals surface area contributed by atoms with Crippen molar-refractivity contribution in [2.24, 2.45) is 5.41 Å². The molecule has 0 aromatic carbocycles. The van der Waals surface area contributed by atoms with Crippen molar-refractivity contribution in [3.8, 4) is 0 Å². The number of anilines is 1. The highest BCUT2D eigenvalue weighted by Crippen LogP contribution is 2.33. The molecule has 2 unspecified atom stereocenters. The second kappa shape index (κ2) is 10.5. The summed E-state index contributed by atoms with van der Waals surface area (Å²) in [6.45, 7) is 5.91. The molecule has 0 spiro atoms. The Morgan fingerprint density at radius 1 is 1.16 bits per heavy atom. The lowest BCUT2D eigenvalue weighted by atomic mass is 9.88. The molecule has 3 rings (SSSR count). The number of pyridine rings is 1. The van der Waals surface area contributed by atoms with E-state index in [1.165, 1.54) is 19.2 Å². The molecule has 10 heteroatoms. The molecule has 31 heavy (non-hydrogen) atoms. The van der Waals surface area contributed by atoms with Gasteiger partial charge in [-0.2, -0.15) is 0 Å². The predicted octanol–water partition coefficient (Wildman–Crippen LogP) is 2.77. The van der Waals surface area contributed by atoms with Gasteiger partial charge in [-0.1, -0.05) is 13.8 Å². The lowest BCUT2D eigenvalue weighted by molar-refractivity contribution is -0.140. The van der Waals surface area contributed by atoms with Crippen LogP contribution in [-0.2, 0) is 9.59 Å². The Hall–Kier alpha value is -2.78. The third-order valence-electron chi connectivity index (χ3n) is 5.55. The largest absolute Gasteiger partial charge is 0.367 e. The maximum atomic E-state index is 13.6. The molecule has 2 fully saturated rings. The van der Waals surface area contributed by atoms with E-state index in [0.717, 1.165) is 0 Å². The van der Waals surface area contributed by atoms with E-state index in [1.54, 1.807) is 6.07 Å². The molecule has 3 amide bonds. The highest BCUT2D eigenvalue weighted by molar-refractivity contribution is 6.07. The molecule has 2 heterocycles. The first-order valence-corrected chi connectivity index (χ1v) is 10.7. The maximum absolute atomic E-state index is 13.6. The van der Waals surface area contributed by atoms with Crippen LogP contribution in [-0.4, -0.2) is 41.2 Å². The Labute approximate surface area is 180 Å². The van der Waals surface area contributed by atoms with E-state index < -0.39 is 29.1 Å². The summed E-state index contributed by atoms with van der Waals surface area (Å²) < 4.78 is 27.1. The second-order valence-corrected chi connectivity index (χ2v) is 7.77. The van der Waals surface area contributed by atoms with Crippen molar-refractivity contribution in [2.75, 3.05) is 11.9 Å². The van der Waals surface area contributed by atoms with E-state index >= 15 is 0 Å². The van der Waals surface area contributed by atoms with Gasteiger partial charge < -0.3 is 10.6 Å². The van der Waals surface area contributed by atoms with E-state index in [0.29, 0.717) is 25.8 Å². The molecule has 172 valence electrons. The molecule has 4 N–H and O–H groups in total. The van der Waals surface area contributed by atoms with E-state index in [4.69, 9.17) is 0 Å². The monoisotopic (exact) mass is 439 g/mol. The molecule has 8 nitrogen and oxygen atoms in total. The molecule has 1 aromatic rings. The van der Waals surface area contributed by atoms with Crippen LogP contribution in [0.25, 0.3) is 0 Å². The molecule has 1 aromatic heterocycles. The van der Waals surface area contributed by atoms with E-state index in [-0.39, 0.29) is 36.7 Å². The number of aromatic nitrogens is 1. The van der Waals surface area contributed by atoms with Gasteiger partial charge in [0, 0.05) is 31.6 Å². The predicted molar refractivity (Wildman–Crippen MR) is 112 cm³/mol. The summed E-state index contributed by atoms with van der Waals surface area (Å²) in [5, 5.41) is 5.67. The van der Waals surface area contributed by atoms with Crippen molar-refractivity contribution in [1.29, 1.82) is 0 Å². The minimum absolute atomic E-state index is 0.140. The summed E-state index contributed by atoms with van der Waals surface area (Å²) in [6.07, 6.45) is 2.68. The normalized spacial score (nSPS) is 24.7. The highest BCUT2D eigenvalue weighted by atomic mass is 19.3. The number of alkyl halides is 2. The molecule has 1 saturated heterocycles. The maximum Gasteiger partial charge on any atom is 0.273 e. The highest BCUT2D eigenvalue weighted by Gasteiger charge is 2.44. The van der Waals surface area contributed by atoms with Crippen LogP contribution in [0.1, 0.15) is 69.7 Å². The van der Waals surface area contributed by atoms with Crippen molar-refractivity contribution in [1.82, 2.24) is 21.2 Å². The fraction of sp³-hybridized carbons (Fsp3) is 0.619. The van der Waals surface area contributed by atoms with Gasteiger partial charge in [-0.15, -0.1) is 0 Å². The Kier molecular flexibility index (Phi) is 8.29. The number of nitrogens with zero attached hydrogens (tertiary/aromatic N) is 1. The van der Waals surface area contributed by atoms with Crippen LogP contribution in [0.3, 0.4) is 0 Å². The van der Waals surface area contributed by atoms with Crippen LogP contribution in [0.15, 0.2) is 18.3 Å². The quantitative estimate of drug-likeness (QED) is 0.327. The fourth-order valence-electron chi connectivity index (χ4n) is 3.57. The van der Waals surface area contributed by atoms with Gasteiger partial charge >= 0.3 is 0 Å². The summed E-state index contributed by atoms with van der Waals surface area (Å²) in [5.74, 6) is -4.01. The number of carbonyl (C=O) groups is 3. The van der Waals surface area contributed by atoms with E-state index in [2.05, 4.69) is 26.5 Å².